The fourth-order valence-electron chi connectivity index (χ4n) is 3.81. The van der Waals surface area contributed by atoms with Crippen molar-refractivity contribution in [2.45, 2.75) is 44.0 Å². The zero-order valence-corrected chi connectivity index (χ0v) is 17.2. The Balaban J connectivity index is 1.95. The van der Waals surface area contributed by atoms with Crippen LogP contribution in [0.25, 0.3) is 0 Å². The van der Waals surface area contributed by atoms with Crippen LogP contribution in [-0.4, -0.2) is 24.6 Å². The maximum Gasteiger partial charge on any atom is 0.416 e. The third-order valence-electron chi connectivity index (χ3n) is 5.55. The molecule has 3 nitrogen and oxygen atoms in total. The van der Waals surface area contributed by atoms with Crippen molar-refractivity contribution in [2.24, 2.45) is 5.92 Å². The fraction of sp³-hybridized carbons (Fsp3) is 0.455. The molecule has 1 N–H and O–H groups in total. The number of halogens is 8. The zero-order chi connectivity index (χ0) is 24.6. The van der Waals surface area contributed by atoms with Crippen LogP contribution in [0.5, 0.6) is 0 Å². The molecular formula is C22H20F8O3. The zero-order valence-electron chi connectivity index (χ0n) is 17.2. The van der Waals surface area contributed by atoms with Gasteiger partial charge in [0.05, 0.1) is 23.8 Å². The Labute approximate surface area is 183 Å². The van der Waals surface area contributed by atoms with E-state index < -0.39 is 64.9 Å². The molecule has 0 amide bonds. The first-order valence-electron chi connectivity index (χ1n) is 9.93. The standard InChI is InChI=1S/C22H20F8O3/c1-11(14-6-15(21(25,26)27)9-16(7-14)22(28,29)30)33-20-19(13(10-31)4-5-32-20)12-2-3-17(23)18(24)8-12/h2-3,6-9,11,13,19-20,31H,4-5,10H2,1H3. The maximum atomic E-state index is 13.8. The monoisotopic (exact) mass is 484 g/mol. The summed E-state index contributed by atoms with van der Waals surface area (Å²) < 4.78 is 118. The summed E-state index contributed by atoms with van der Waals surface area (Å²) in [4.78, 5) is 0. The summed E-state index contributed by atoms with van der Waals surface area (Å²) in [5.41, 5.74) is -3.16. The van der Waals surface area contributed by atoms with Gasteiger partial charge in [0.25, 0.3) is 0 Å². The second-order valence-electron chi connectivity index (χ2n) is 7.79. The Morgan fingerprint density at radius 3 is 2.09 bits per heavy atom. The number of benzene rings is 2. The van der Waals surface area contributed by atoms with Gasteiger partial charge in [-0.1, -0.05) is 6.07 Å². The number of hydrogen-bond donors (Lipinski definition) is 1. The predicted octanol–water partition coefficient (Wildman–Crippen LogP) is 6.22. The number of rotatable bonds is 5. The molecule has 182 valence electrons. The Bertz CT molecular complexity index is 941. The molecule has 0 radical (unpaired) electrons. The lowest BCUT2D eigenvalue weighted by molar-refractivity contribution is -0.212. The van der Waals surface area contributed by atoms with E-state index >= 15 is 0 Å². The van der Waals surface area contributed by atoms with E-state index in [2.05, 4.69) is 0 Å². The minimum Gasteiger partial charge on any atom is -0.396 e. The van der Waals surface area contributed by atoms with Crippen LogP contribution in [-0.2, 0) is 21.8 Å². The van der Waals surface area contributed by atoms with E-state index in [1.807, 2.05) is 0 Å². The van der Waals surface area contributed by atoms with Crippen LogP contribution in [0.15, 0.2) is 36.4 Å². The van der Waals surface area contributed by atoms with Gasteiger partial charge < -0.3 is 14.6 Å². The summed E-state index contributed by atoms with van der Waals surface area (Å²) >= 11 is 0. The Morgan fingerprint density at radius 2 is 1.58 bits per heavy atom. The maximum absolute atomic E-state index is 13.8. The number of hydrogen-bond acceptors (Lipinski definition) is 3. The molecule has 1 saturated heterocycles. The van der Waals surface area contributed by atoms with Crippen molar-refractivity contribution in [1.82, 2.24) is 0 Å². The SMILES string of the molecule is CC(OC1OCCC(CO)C1c1ccc(F)c(F)c1)c1cc(C(F)(F)F)cc(C(F)(F)F)c1. The first-order chi connectivity index (χ1) is 15.3. The summed E-state index contributed by atoms with van der Waals surface area (Å²) in [5, 5.41) is 9.74. The smallest absolute Gasteiger partial charge is 0.396 e. The van der Waals surface area contributed by atoms with E-state index in [-0.39, 0.29) is 24.8 Å². The van der Waals surface area contributed by atoms with Gasteiger partial charge in [-0.15, -0.1) is 0 Å². The molecule has 1 aliphatic heterocycles. The van der Waals surface area contributed by atoms with E-state index in [0.29, 0.717) is 18.6 Å². The molecule has 0 aromatic heterocycles. The lowest BCUT2D eigenvalue weighted by atomic mass is 9.82. The first-order valence-corrected chi connectivity index (χ1v) is 9.93. The normalized spacial score (nSPS) is 22.9. The van der Waals surface area contributed by atoms with Gasteiger partial charge in [-0.3, -0.25) is 0 Å². The van der Waals surface area contributed by atoms with Crippen molar-refractivity contribution in [1.29, 1.82) is 0 Å². The van der Waals surface area contributed by atoms with E-state index in [1.165, 1.54) is 13.0 Å². The van der Waals surface area contributed by atoms with Gasteiger partial charge in [-0.05, 0) is 60.7 Å². The van der Waals surface area contributed by atoms with Gasteiger partial charge in [0.2, 0.25) is 0 Å². The minimum absolute atomic E-state index is 0.0131. The lowest BCUT2D eigenvalue weighted by Gasteiger charge is -2.38. The summed E-state index contributed by atoms with van der Waals surface area (Å²) in [6, 6.07) is 4.14. The van der Waals surface area contributed by atoms with Gasteiger partial charge in [0.15, 0.2) is 17.9 Å². The Hall–Kier alpha value is -2.24. The fourth-order valence-corrected chi connectivity index (χ4v) is 3.81. The molecule has 2 aromatic rings. The van der Waals surface area contributed by atoms with Crippen LogP contribution < -0.4 is 0 Å². The highest BCUT2D eigenvalue weighted by Gasteiger charge is 2.40. The molecule has 11 heteroatoms. The predicted molar refractivity (Wildman–Crippen MR) is 100.0 cm³/mol. The van der Waals surface area contributed by atoms with Gasteiger partial charge in [0.1, 0.15) is 0 Å². The molecule has 4 unspecified atom stereocenters. The molecule has 3 rings (SSSR count). The first kappa shape index (κ1) is 25.4. The van der Waals surface area contributed by atoms with Crippen molar-refractivity contribution in [3.63, 3.8) is 0 Å². The third kappa shape index (κ3) is 5.82. The van der Waals surface area contributed by atoms with Gasteiger partial charge in [-0.2, -0.15) is 26.3 Å². The van der Waals surface area contributed by atoms with Crippen molar-refractivity contribution < 1.29 is 49.7 Å². The van der Waals surface area contributed by atoms with Crippen LogP contribution in [0.4, 0.5) is 35.1 Å². The molecule has 2 aromatic carbocycles. The lowest BCUT2D eigenvalue weighted by Crippen LogP contribution is -2.38. The number of aliphatic hydroxyl groups excluding tert-OH is 1. The van der Waals surface area contributed by atoms with E-state index in [1.54, 1.807) is 0 Å². The van der Waals surface area contributed by atoms with Crippen LogP contribution in [0.3, 0.4) is 0 Å². The van der Waals surface area contributed by atoms with Crippen molar-refractivity contribution in [2.75, 3.05) is 13.2 Å². The summed E-state index contributed by atoms with van der Waals surface area (Å²) in [6.07, 6.45) is -12.2. The largest absolute Gasteiger partial charge is 0.416 e. The quantitative estimate of drug-likeness (QED) is 0.513. The van der Waals surface area contributed by atoms with E-state index in [0.717, 1.165) is 12.1 Å². The molecule has 33 heavy (non-hydrogen) atoms. The molecule has 0 aliphatic carbocycles. The van der Waals surface area contributed by atoms with Crippen molar-refractivity contribution in [3.05, 3.63) is 70.3 Å². The van der Waals surface area contributed by atoms with E-state index in [9.17, 15) is 40.2 Å². The van der Waals surface area contributed by atoms with Gasteiger partial charge in [-0.25, -0.2) is 8.78 Å². The number of ether oxygens (including phenoxy) is 2. The molecular weight excluding hydrogens is 464 g/mol. The average molecular weight is 484 g/mol. The molecule has 1 aliphatic rings. The topological polar surface area (TPSA) is 38.7 Å². The summed E-state index contributed by atoms with van der Waals surface area (Å²) in [7, 11) is 0. The van der Waals surface area contributed by atoms with Crippen LogP contribution in [0.1, 0.15) is 47.6 Å². The second kappa shape index (κ2) is 9.55. The molecule has 0 saturated carbocycles. The summed E-state index contributed by atoms with van der Waals surface area (Å²) in [6.45, 7) is 0.964. The number of aliphatic hydroxyl groups is 1. The minimum atomic E-state index is -5.02. The Morgan fingerprint density at radius 1 is 0.970 bits per heavy atom. The van der Waals surface area contributed by atoms with Gasteiger partial charge in [0, 0.05) is 12.5 Å². The molecule has 0 bridgehead atoms. The molecule has 1 fully saturated rings. The van der Waals surface area contributed by atoms with E-state index in [4.69, 9.17) is 9.47 Å². The molecule has 1 heterocycles. The third-order valence-corrected chi connectivity index (χ3v) is 5.55. The van der Waals surface area contributed by atoms with Gasteiger partial charge >= 0.3 is 12.4 Å². The highest BCUT2D eigenvalue weighted by atomic mass is 19.4. The highest BCUT2D eigenvalue weighted by Crippen LogP contribution is 2.41. The van der Waals surface area contributed by atoms with Crippen molar-refractivity contribution in [3.8, 4) is 0 Å². The summed E-state index contributed by atoms with van der Waals surface area (Å²) in [5.74, 6) is -3.62. The number of alkyl halides is 6. The highest BCUT2D eigenvalue weighted by molar-refractivity contribution is 5.35. The van der Waals surface area contributed by atoms with Crippen LogP contribution >= 0.6 is 0 Å². The molecule has 4 atom stereocenters. The van der Waals surface area contributed by atoms with Crippen LogP contribution in [0.2, 0.25) is 0 Å². The van der Waals surface area contributed by atoms with Crippen LogP contribution in [0, 0.1) is 17.6 Å². The average Bonchev–Trinajstić information content (AvgIpc) is 2.74. The van der Waals surface area contributed by atoms with Crippen molar-refractivity contribution >= 4 is 0 Å². The second-order valence-corrected chi connectivity index (χ2v) is 7.79. The Kier molecular flexibility index (Phi) is 7.35. The molecule has 0 spiro atoms.